The number of ether oxygens (including phenoxy) is 1. The lowest BCUT2D eigenvalue weighted by molar-refractivity contribution is -0.123. The van der Waals surface area contributed by atoms with Gasteiger partial charge in [0.1, 0.15) is 11.8 Å². The van der Waals surface area contributed by atoms with E-state index in [1.54, 1.807) is 53.4 Å². The number of rotatable bonds is 6. The van der Waals surface area contributed by atoms with Gasteiger partial charge in [-0.3, -0.25) is 19.2 Å². The lowest BCUT2D eigenvalue weighted by Crippen LogP contribution is -2.51. The molecule has 34 heavy (non-hydrogen) atoms. The first-order valence-electron chi connectivity index (χ1n) is 11.6. The number of hydrogen-bond acceptors (Lipinski definition) is 5. The van der Waals surface area contributed by atoms with Gasteiger partial charge in [-0.15, -0.1) is 0 Å². The molecule has 0 bridgehead atoms. The molecule has 8 heteroatoms. The van der Waals surface area contributed by atoms with E-state index in [0.717, 1.165) is 37.0 Å². The summed E-state index contributed by atoms with van der Waals surface area (Å²) < 4.78 is 5.28. The third kappa shape index (κ3) is 4.81. The van der Waals surface area contributed by atoms with Crippen LogP contribution in [0.3, 0.4) is 0 Å². The van der Waals surface area contributed by atoms with Crippen molar-refractivity contribution in [2.45, 2.75) is 57.5 Å². The summed E-state index contributed by atoms with van der Waals surface area (Å²) in [6.07, 6.45) is 4.62. The first kappa shape index (κ1) is 23.5. The molecule has 4 amide bonds. The molecule has 1 saturated carbocycles. The number of hydrogen-bond donors (Lipinski definition) is 1. The van der Waals surface area contributed by atoms with Crippen molar-refractivity contribution in [2.24, 2.45) is 0 Å². The van der Waals surface area contributed by atoms with Crippen molar-refractivity contribution in [2.75, 3.05) is 17.3 Å². The number of carbonyl (C=O) groups is 4. The maximum absolute atomic E-state index is 13.7. The van der Waals surface area contributed by atoms with E-state index in [1.165, 1.54) is 14.0 Å². The minimum Gasteiger partial charge on any atom is -0.497 e. The lowest BCUT2D eigenvalue weighted by Gasteiger charge is -2.37. The van der Waals surface area contributed by atoms with Crippen LogP contribution in [0.4, 0.5) is 11.4 Å². The molecule has 4 rings (SSSR count). The van der Waals surface area contributed by atoms with Crippen LogP contribution in [0.25, 0.3) is 0 Å². The Labute approximate surface area is 198 Å². The summed E-state index contributed by atoms with van der Waals surface area (Å²) in [4.78, 5) is 54.3. The number of imide groups is 1. The molecule has 1 atom stereocenters. The Balaban J connectivity index is 1.63. The van der Waals surface area contributed by atoms with Gasteiger partial charge < -0.3 is 15.0 Å². The van der Waals surface area contributed by atoms with Crippen molar-refractivity contribution in [1.29, 1.82) is 0 Å². The Bertz CT molecular complexity index is 1090. The number of benzene rings is 2. The molecule has 1 saturated heterocycles. The van der Waals surface area contributed by atoms with Gasteiger partial charge in [-0.05, 0) is 55.3 Å². The van der Waals surface area contributed by atoms with Crippen molar-refractivity contribution < 1.29 is 23.9 Å². The van der Waals surface area contributed by atoms with Gasteiger partial charge in [0.05, 0.1) is 19.2 Å². The molecule has 0 aromatic heterocycles. The van der Waals surface area contributed by atoms with Gasteiger partial charge in [0.2, 0.25) is 11.8 Å². The molecule has 178 valence electrons. The largest absolute Gasteiger partial charge is 0.497 e. The highest BCUT2D eigenvalue weighted by molar-refractivity contribution is 6.23. The summed E-state index contributed by atoms with van der Waals surface area (Å²) in [6.45, 7) is 1.41. The lowest BCUT2D eigenvalue weighted by atomic mass is 9.92. The zero-order valence-corrected chi connectivity index (χ0v) is 19.5. The van der Waals surface area contributed by atoms with Gasteiger partial charge in [-0.1, -0.05) is 25.3 Å². The van der Waals surface area contributed by atoms with E-state index in [0.29, 0.717) is 22.7 Å². The number of nitrogens with zero attached hydrogens (tertiary/aromatic N) is 2. The summed E-state index contributed by atoms with van der Waals surface area (Å²) in [6, 6.07) is 12.5. The van der Waals surface area contributed by atoms with Gasteiger partial charge in [0.15, 0.2) is 0 Å². The third-order valence-corrected chi connectivity index (χ3v) is 6.42. The fraction of sp³-hybridized carbons (Fsp3) is 0.385. The molecular weight excluding hydrogens is 434 g/mol. The molecule has 1 aliphatic carbocycles. The fourth-order valence-corrected chi connectivity index (χ4v) is 4.83. The van der Waals surface area contributed by atoms with E-state index in [2.05, 4.69) is 5.32 Å². The Morgan fingerprint density at radius 1 is 1.03 bits per heavy atom. The second-order valence-corrected chi connectivity index (χ2v) is 8.75. The minimum atomic E-state index is -0.857. The molecule has 2 aromatic carbocycles. The summed E-state index contributed by atoms with van der Waals surface area (Å²) >= 11 is 0. The molecule has 0 radical (unpaired) electrons. The van der Waals surface area contributed by atoms with E-state index in [9.17, 15) is 19.2 Å². The smallest absolute Gasteiger partial charge is 0.257 e. The van der Waals surface area contributed by atoms with Crippen LogP contribution in [0.5, 0.6) is 5.75 Å². The summed E-state index contributed by atoms with van der Waals surface area (Å²) in [7, 11) is 1.54. The highest BCUT2D eigenvalue weighted by Gasteiger charge is 2.46. The summed E-state index contributed by atoms with van der Waals surface area (Å²) in [5.41, 5.74) is 1.43. The van der Waals surface area contributed by atoms with E-state index < -0.39 is 11.9 Å². The second-order valence-electron chi connectivity index (χ2n) is 8.75. The zero-order chi connectivity index (χ0) is 24.2. The first-order valence-corrected chi connectivity index (χ1v) is 11.6. The number of methoxy groups -OCH3 is 1. The average molecular weight is 464 g/mol. The van der Waals surface area contributed by atoms with Crippen LogP contribution in [0, 0.1) is 0 Å². The molecule has 1 N–H and O–H groups in total. The Morgan fingerprint density at radius 3 is 2.38 bits per heavy atom. The molecule has 2 fully saturated rings. The first-order chi connectivity index (χ1) is 16.4. The van der Waals surface area contributed by atoms with Crippen LogP contribution in [0.2, 0.25) is 0 Å². The Hall–Kier alpha value is -3.68. The monoisotopic (exact) mass is 463 g/mol. The standard InChI is InChI=1S/C26H29N3O5/c1-17(30)27-19-11-13-21(14-12-19)29-24(31)16-23(26(29)33)28(20-8-4-3-5-9-20)25(32)18-7-6-10-22(15-18)34-2/h6-7,10-15,20,23H,3-5,8-9,16H2,1-2H3,(H,27,30). The van der Waals surface area contributed by atoms with Gasteiger partial charge in [-0.2, -0.15) is 0 Å². The second kappa shape index (κ2) is 10.1. The SMILES string of the molecule is COc1cccc(C(=O)N(C2CCCCC2)C2CC(=O)N(c3ccc(NC(C)=O)cc3)C2=O)c1. The van der Waals surface area contributed by atoms with Crippen LogP contribution in [-0.2, 0) is 14.4 Å². The highest BCUT2D eigenvalue weighted by Crippen LogP contribution is 2.33. The van der Waals surface area contributed by atoms with E-state index in [4.69, 9.17) is 4.74 Å². The van der Waals surface area contributed by atoms with E-state index in [1.807, 2.05) is 0 Å². The van der Waals surface area contributed by atoms with E-state index >= 15 is 0 Å². The Morgan fingerprint density at radius 2 is 1.74 bits per heavy atom. The topological polar surface area (TPSA) is 96.0 Å². The predicted molar refractivity (Wildman–Crippen MR) is 128 cm³/mol. The fourth-order valence-electron chi connectivity index (χ4n) is 4.83. The number of nitrogens with one attached hydrogen (secondary N) is 1. The maximum Gasteiger partial charge on any atom is 0.257 e. The van der Waals surface area contributed by atoms with Crippen LogP contribution in [-0.4, -0.2) is 47.7 Å². The molecule has 2 aliphatic rings. The predicted octanol–water partition coefficient (Wildman–Crippen LogP) is 3.76. The molecule has 1 heterocycles. The maximum atomic E-state index is 13.7. The average Bonchev–Trinajstić information content (AvgIpc) is 3.13. The quantitative estimate of drug-likeness (QED) is 0.658. The number of carbonyl (C=O) groups excluding carboxylic acids is 4. The number of anilines is 2. The van der Waals surface area contributed by atoms with E-state index in [-0.39, 0.29) is 30.2 Å². The molecule has 1 aliphatic heterocycles. The van der Waals surface area contributed by atoms with Crippen LogP contribution >= 0.6 is 0 Å². The normalized spacial score (nSPS) is 18.6. The minimum absolute atomic E-state index is 0.0571. The number of amides is 4. The molecule has 8 nitrogen and oxygen atoms in total. The van der Waals surface area contributed by atoms with Crippen molar-refractivity contribution >= 4 is 35.0 Å². The van der Waals surface area contributed by atoms with Gasteiger partial charge >= 0.3 is 0 Å². The van der Waals surface area contributed by atoms with Gasteiger partial charge in [-0.25, -0.2) is 4.90 Å². The van der Waals surface area contributed by atoms with Crippen molar-refractivity contribution in [1.82, 2.24) is 4.90 Å². The highest BCUT2D eigenvalue weighted by atomic mass is 16.5. The van der Waals surface area contributed by atoms with Crippen molar-refractivity contribution in [3.05, 3.63) is 54.1 Å². The summed E-state index contributed by atoms with van der Waals surface area (Å²) in [5, 5.41) is 2.67. The molecule has 0 spiro atoms. The zero-order valence-electron chi connectivity index (χ0n) is 19.5. The molecule has 2 aromatic rings. The molecular formula is C26H29N3O5. The van der Waals surface area contributed by atoms with Crippen LogP contribution in [0.1, 0.15) is 55.8 Å². The van der Waals surface area contributed by atoms with Crippen LogP contribution in [0.15, 0.2) is 48.5 Å². The van der Waals surface area contributed by atoms with Gasteiger partial charge in [0, 0.05) is 24.2 Å². The van der Waals surface area contributed by atoms with Crippen LogP contribution < -0.4 is 15.0 Å². The third-order valence-electron chi connectivity index (χ3n) is 6.42. The van der Waals surface area contributed by atoms with Gasteiger partial charge in [0.25, 0.3) is 11.8 Å². The molecule has 1 unspecified atom stereocenters. The van der Waals surface area contributed by atoms with Crippen molar-refractivity contribution in [3.8, 4) is 5.75 Å². The Kier molecular flexibility index (Phi) is 6.95. The summed E-state index contributed by atoms with van der Waals surface area (Å²) in [5.74, 6) is -0.662. The van der Waals surface area contributed by atoms with Crippen molar-refractivity contribution in [3.63, 3.8) is 0 Å².